The Kier molecular flexibility index (Phi) is 5.46. The number of benzene rings is 1. The van der Waals surface area contributed by atoms with Gasteiger partial charge in [-0.25, -0.2) is 4.98 Å². The molecule has 1 aromatic carbocycles. The van der Waals surface area contributed by atoms with Gasteiger partial charge in [-0.15, -0.1) is 11.3 Å². The second-order valence-corrected chi connectivity index (χ2v) is 8.51. The largest absolute Gasteiger partial charge is 0.342 e. The van der Waals surface area contributed by atoms with Crippen LogP contribution in [0.2, 0.25) is 0 Å². The van der Waals surface area contributed by atoms with Crippen molar-refractivity contribution in [3.05, 3.63) is 51.1 Å². The molecular formula is C20H18N4O2S2. The van der Waals surface area contributed by atoms with Crippen molar-refractivity contribution in [3.63, 3.8) is 0 Å². The number of rotatable bonds is 5. The van der Waals surface area contributed by atoms with E-state index in [0.717, 1.165) is 47.2 Å². The number of thioether (sulfide) groups is 1. The average Bonchev–Trinajstić information content (AvgIpc) is 3.10. The van der Waals surface area contributed by atoms with E-state index in [-0.39, 0.29) is 23.8 Å². The number of hydrogen-bond acceptors (Lipinski definition) is 6. The Morgan fingerprint density at radius 3 is 2.86 bits per heavy atom. The van der Waals surface area contributed by atoms with E-state index in [2.05, 4.69) is 5.32 Å². The molecule has 3 aromatic rings. The van der Waals surface area contributed by atoms with Gasteiger partial charge in [0.15, 0.2) is 5.16 Å². The smallest absolute Gasteiger partial charge is 0.267 e. The minimum absolute atomic E-state index is 0.0327. The van der Waals surface area contributed by atoms with Crippen LogP contribution in [0.15, 0.2) is 40.3 Å². The first-order chi connectivity index (χ1) is 13.7. The van der Waals surface area contributed by atoms with Gasteiger partial charge in [-0.2, -0.15) is 5.26 Å². The molecule has 0 bridgehead atoms. The summed E-state index contributed by atoms with van der Waals surface area (Å²) in [4.78, 5) is 32.2. The summed E-state index contributed by atoms with van der Waals surface area (Å²) in [6, 6.07) is 11.3. The highest BCUT2D eigenvalue weighted by molar-refractivity contribution is 7.99. The molecule has 1 amide bonds. The highest BCUT2D eigenvalue weighted by atomic mass is 32.2. The van der Waals surface area contributed by atoms with Crippen LogP contribution in [0.3, 0.4) is 0 Å². The predicted octanol–water partition coefficient (Wildman–Crippen LogP) is 3.06. The number of aryl methyl sites for hydroxylation is 2. The first-order valence-electron chi connectivity index (χ1n) is 9.08. The predicted molar refractivity (Wildman–Crippen MR) is 111 cm³/mol. The van der Waals surface area contributed by atoms with Crippen LogP contribution < -0.4 is 10.9 Å². The number of aromatic nitrogens is 2. The molecule has 142 valence electrons. The van der Waals surface area contributed by atoms with Gasteiger partial charge in [-0.3, -0.25) is 14.2 Å². The van der Waals surface area contributed by atoms with E-state index in [9.17, 15) is 9.59 Å². The molecule has 0 aliphatic heterocycles. The molecule has 0 saturated carbocycles. The van der Waals surface area contributed by atoms with Crippen LogP contribution in [0.25, 0.3) is 15.9 Å². The molecule has 1 aliphatic carbocycles. The number of para-hydroxylation sites is 1. The van der Waals surface area contributed by atoms with Gasteiger partial charge >= 0.3 is 0 Å². The third-order valence-corrected chi connectivity index (χ3v) is 6.79. The lowest BCUT2D eigenvalue weighted by molar-refractivity contribution is -0.118. The van der Waals surface area contributed by atoms with Crippen molar-refractivity contribution < 1.29 is 4.79 Å². The number of thiophene rings is 1. The van der Waals surface area contributed by atoms with E-state index in [1.54, 1.807) is 15.9 Å². The quantitative estimate of drug-likeness (QED) is 0.397. The Bertz CT molecular complexity index is 1130. The van der Waals surface area contributed by atoms with Crippen LogP contribution in [0, 0.1) is 11.3 Å². The number of hydrogen-bond donors (Lipinski definition) is 1. The lowest BCUT2D eigenvalue weighted by atomic mass is 9.97. The van der Waals surface area contributed by atoms with Gasteiger partial charge in [0, 0.05) is 4.88 Å². The lowest BCUT2D eigenvalue weighted by Crippen LogP contribution is -2.26. The Morgan fingerprint density at radius 1 is 1.29 bits per heavy atom. The number of nitriles is 1. The van der Waals surface area contributed by atoms with E-state index in [1.807, 2.05) is 36.4 Å². The van der Waals surface area contributed by atoms with E-state index in [1.165, 1.54) is 16.6 Å². The number of nitrogens with one attached hydrogen (secondary N) is 1. The number of fused-ring (bicyclic) bond motifs is 3. The highest BCUT2D eigenvalue weighted by Gasteiger charge is 2.23. The lowest BCUT2D eigenvalue weighted by Gasteiger charge is -2.13. The fraction of sp³-hybridized carbons (Fsp3) is 0.300. The topological polar surface area (TPSA) is 87.8 Å². The Morgan fingerprint density at radius 2 is 2.07 bits per heavy atom. The Labute approximate surface area is 170 Å². The molecule has 0 radical (unpaired) electrons. The van der Waals surface area contributed by atoms with E-state index in [4.69, 9.17) is 10.2 Å². The van der Waals surface area contributed by atoms with Gasteiger partial charge in [-0.05, 0) is 43.4 Å². The van der Waals surface area contributed by atoms with Crippen molar-refractivity contribution in [2.75, 3.05) is 12.3 Å². The molecule has 0 atom stereocenters. The Balaban J connectivity index is 1.82. The average molecular weight is 411 g/mol. The van der Waals surface area contributed by atoms with Crippen LogP contribution in [-0.2, 0) is 17.6 Å². The first kappa shape index (κ1) is 18.7. The normalized spacial score (nSPS) is 13.1. The second kappa shape index (κ2) is 8.17. The van der Waals surface area contributed by atoms with Crippen LogP contribution in [0.5, 0.6) is 0 Å². The van der Waals surface area contributed by atoms with Crippen molar-refractivity contribution in [1.82, 2.24) is 14.9 Å². The number of amides is 1. The van der Waals surface area contributed by atoms with Crippen molar-refractivity contribution in [2.45, 2.75) is 30.8 Å². The van der Waals surface area contributed by atoms with E-state index >= 15 is 0 Å². The third-order valence-electron chi connectivity index (χ3n) is 4.67. The van der Waals surface area contributed by atoms with Gasteiger partial charge in [0.1, 0.15) is 11.4 Å². The number of carbonyl (C=O) groups excluding carboxylic acids is 1. The molecule has 0 saturated heterocycles. The van der Waals surface area contributed by atoms with Gasteiger partial charge in [-0.1, -0.05) is 30.0 Å². The maximum absolute atomic E-state index is 13.5. The summed E-state index contributed by atoms with van der Waals surface area (Å²) >= 11 is 2.81. The second-order valence-electron chi connectivity index (χ2n) is 6.49. The van der Waals surface area contributed by atoms with Crippen LogP contribution >= 0.6 is 23.1 Å². The first-order valence-corrected chi connectivity index (χ1v) is 10.9. The maximum Gasteiger partial charge on any atom is 0.267 e. The summed E-state index contributed by atoms with van der Waals surface area (Å²) < 4.78 is 1.60. The van der Waals surface area contributed by atoms with Crippen molar-refractivity contribution >= 4 is 39.2 Å². The summed E-state index contributed by atoms with van der Waals surface area (Å²) in [7, 11) is 0. The molecule has 1 N–H and O–H groups in total. The molecule has 2 heterocycles. The monoisotopic (exact) mass is 410 g/mol. The Hall–Kier alpha value is -2.63. The zero-order valence-corrected chi connectivity index (χ0v) is 16.7. The minimum atomic E-state index is -0.258. The standard InChI is InChI=1S/C20H18N4O2S2/c21-10-11-22-16(25)12-27-20-23-18-17(14-8-4-5-9-15(14)28-18)19(26)24(20)13-6-2-1-3-7-13/h1-3,6-7H,4-5,8-9,11-12H2,(H,22,25). The van der Waals surface area contributed by atoms with E-state index < -0.39 is 0 Å². The van der Waals surface area contributed by atoms with Crippen molar-refractivity contribution in [3.8, 4) is 11.8 Å². The van der Waals surface area contributed by atoms with Crippen LogP contribution in [-0.4, -0.2) is 27.8 Å². The van der Waals surface area contributed by atoms with Gasteiger partial charge < -0.3 is 5.32 Å². The molecule has 0 unspecified atom stereocenters. The number of carbonyl (C=O) groups is 1. The molecule has 2 aromatic heterocycles. The van der Waals surface area contributed by atoms with Crippen molar-refractivity contribution in [1.29, 1.82) is 5.26 Å². The van der Waals surface area contributed by atoms with E-state index in [0.29, 0.717) is 5.16 Å². The molecule has 28 heavy (non-hydrogen) atoms. The fourth-order valence-electron chi connectivity index (χ4n) is 3.41. The van der Waals surface area contributed by atoms with Crippen molar-refractivity contribution in [2.24, 2.45) is 0 Å². The third kappa shape index (κ3) is 3.55. The molecule has 6 nitrogen and oxygen atoms in total. The van der Waals surface area contributed by atoms with Gasteiger partial charge in [0.25, 0.3) is 5.56 Å². The summed E-state index contributed by atoms with van der Waals surface area (Å²) in [5.74, 6) is -0.164. The SMILES string of the molecule is N#CCNC(=O)CSc1nc2sc3c(c2c(=O)n1-c1ccccc1)CCCC3. The fourth-order valence-corrected chi connectivity index (χ4v) is 5.55. The zero-order valence-electron chi connectivity index (χ0n) is 15.1. The molecule has 1 aliphatic rings. The highest BCUT2D eigenvalue weighted by Crippen LogP contribution is 2.35. The molecule has 0 spiro atoms. The van der Waals surface area contributed by atoms with Gasteiger partial charge in [0.05, 0.1) is 22.9 Å². The molecule has 0 fully saturated rings. The summed E-state index contributed by atoms with van der Waals surface area (Å²) in [5.41, 5.74) is 1.81. The maximum atomic E-state index is 13.5. The van der Waals surface area contributed by atoms with Crippen LogP contribution in [0.4, 0.5) is 0 Å². The summed E-state index contributed by atoms with van der Waals surface area (Å²) in [6.45, 7) is -0.0327. The van der Waals surface area contributed by atoms with Gasteiger partial charge in [0.2, 0.25) is 5.91 Å². The molecule has 4 rings (SSSR count). The van der Waals surface area contributed by atoms with Crippen LogP contribution in [0.1, 0.15) is 23.3 Å². The zero-order chi connectivity index (χ0) is 19.5. The minimum Gasteiger partial charge on any atom is -0.342 e. The molecule has 8 heteroatoms. The number of nitrogens with zero attached hydrogens (tertiary/aromatic N) is 3. The summed E-state index contributed by atoms with van der Waals surface area (Å²) in [6.07, 6.45) is 4.16. The molecular weight excluding hydrogens is 392 g/mol. The summed E-state index contributed by atoms with van der Waals surface area (Å²) in [5, 5.41) is 12.3.